The number of anilines is 1. The minimum absolute atomic E-state index is 0.0550. The van der Waals surface area contributed by atoms with E-state index in [0.29, 0.717) is 48.6 Å². The third kappa shape index (κ3) is 4.85. The molecule has 162 valence electrons. The molecule has 2 aromatic rings. The molecule has 0 bridgehead atoms. The summed E-state index contributed by atoms with van der Waals surface area (Å²) in [7, 11) is -1.42. The van der Waals surface area contributed by atoms with E-state index < -0.39 is 10.8 Å². The molecule has 1 atom stereocenters. The largest absolute Gasteiger partial charge is 0.352 e. The van der Waals surface area contributed by atoms with Crippen molar-refractivity contribution >= 4 is 34.2 Å². The number of carbonyl (C=O) groups is 3. The Bertz CT molecular complexity index is 1020. The monoisotopic (exact) mass is 439 g/mol. The Labute approximate surface area is 183 Å². The van der Waals surface area contributed by atoms with Crippen LogP contribution in [0.4, 0.5) is 5.69 Å². The van der Waals surface area contributed by atoms with Crippen molar-refractivity contribution in [1.29, 1.82) is 0 Å². The van der Waals surface area contributed by atoms with Crippen LogP contribution in [0.1, 0.15) is 35.2 Å². The first-order valence-electron chi connectivity index (χ1n) is 10.5. The number of fused-ring (bicyclic) bond motifs is 1. The van der Waals surface area contributed by atoms with Crippen molar-refractivity contribution in [3.8, 4) is 0 Å². The molecule has 0 saturated carbocycles. The van der Waals surface area contributed by atoms with Gasteiger partial charge in [0.25, 0.3) is 5.91 Å². The van der Waals surface area contributed by atoms with E-state index >= 15 is 0 Å². The van der Waals surface area contributed by atoms with E-state index in [1.807, 2.05) is 35.2 Å². The van der Waals surface area contributed by atoms with Crippen LogP contribution in [0.15, 0.2) is 53.4 Å². The van der Waals surface area contributed by atoms with E-state index in [2.05, 4.69) is 5.32 Å². The average molecular weight is 440 g/mol. The second kappa shape index (κ2) is 9.43. The summed E-state index contributed by atoms with van der Waals surface area (Å²) in [5.74, 6) is -0.348. The molecule has 1 N–H and O–H groups in total. The summed E-state index contributed by atoms with van der Waals surface area (Å²) >= 11 is 0. The molecule has 31 heavy (non-hydrogen) atoms. The lowest BCUT2D eigenvalue weighted by Gasteiger charge is -2.29. The lowest BCUT2D eigenvalue weighted by atomic mass is 10.1. The summed E-state index contributed by atoms with van der Waals surface area (Å²) in [5.41, 5.74) is 1.90. The number of hydrogen-bond acceptors (Lipinski definition) is 4. The highest BCUT2D eigenvalue weighted by Gasteiger charge is 2.30. The maximum atomic E-state index is 12.6. The molecule has 0 unspecified atom stereocenters. The van der Waals surface area contributed by atoms with Gasteiger partial charge in [-0.2, -0.15) is 0 Å². The van der Waals surface area contributed by atoms with E-state index in [-0.39, 0.29) is 23.5 Å². The molecular weight excluding hydrogens is 414 g/mol. The summed E-state index contributed by atoms with van der Waals surface area (Å²) in [6, 6.07) is 14.5. The summed E-state index contributed by atoms with van der Waals surface area (Å²) in [5, 5.41) is 2.88. The second-order valence-electron chi connectivity index (χ2n) is 7.73. The van der Waals surface area contributed by atoms with Crippen LogP contribution in [-0.2, 0) is 26.9 Å². The van der Waals surface area contributed by atoms with Crippen LogP contribution in [-0.4, -0.2) is 52.2 Å². The zero-order valence-corrected chi connectivity index (χ0v) is 18.0. The smallest absolute Gasteiger partial charge is 0.251 e. The number of nitrogens with zero attached hydrogens (tertiary/aromatic N) is 2. The molecule has 0 aliphatic carbocycles. The normalized spacial score (nSPS) is 18.3. The fourth-order valence-electron chi connectivity index (χ4n) is 3.92. The van der Waals surface area contributed by atoms with E-state index in [9.17, 15) is 18.6 Å². The first-order valence-corrected chi connectivity index (χ1v) is 11.8. The van der Waals surface area contributed by atoms with Crippen molar-refractivity contribution in [2.45, 2.75) is 30.7 Å². The number of carbonyl (C=O) groups excluding carboxylic acids is 3. The van der Waals surface area contributed by atoms with E-state index in [1.54, 1.807) is 23.1 Å². The first-order chi connectivity index (χ1) is 15.0. The zero-order chi connectivity index (χ0) is 21.8. The number of nitrogens with one attached hydrogen (secondary N) is 1. The molecule has 3 amide bonds. The van der Waals surface area contributed by atoms with Gasteiger partial charge in [0.05, 0.1) is 27.9 Å². The SMILES string of the molecule is O=C(NCCCN1CCCC1=O)c1ccc2c(c1)N(Cc1ccccc1)C(=O)C[S@]2=O. The molecule has 8 heteroatoms. The quantitative estimate of drug-likeness (QED) is 0.670. The Morgan fingerprint density at radius 1 is 1.06 bits per heavy atom. The van der Waals surface area contributed by atoms with Gasteiger partial charge in [0.15, 0.2) is 0 Å². The van der Waals surface area contributed by atoms with Gasteiger partial charge in [0.2, 0.25) is 11.8 Å². The minimum atomic E-state index is -1.42. The highest BCUT2D eigenvalue weighted by molar-refractivity contribution is 7.86. The summed E-state index contributed by atoms with van der Waals surface area (Å²) in [6.45, 7) is 2.25. The third-order valence-electron chi connectivity index (χ3n) is 5.56. The molecule has 1 saturated heterocycles. The summed E-state index contributed by atoms with van der Waals surface area (Å²) in [6.07, 6.45) is 2.20. The summed E-state index contributed by atoms with van der Waals surface area (Å²) in [4.78, 5) is 40.9. The molecule has 0 spiro atoms. The van der Waals surface area contributed by atoms with Gasteiger partial charge in [-0.15, -0.1) is 0 Å². The highest BCUT2D eigenvalue weighted by atomic mass is 32.2. The lowest BCUT2D eigenvalue weighted by Crippen LogP contribution is -2.38. The molecule has 7 nitrogen and oxygen atoms in total. The molecule has 0 aromatic heterocycles. The highest BCUT2D eigenvalue weighted by Crippen LogP contribution is 2.31. The van der Waals surface area contributed by atoms with Gasteiger partial charge in [-0.1, -0.05) is 30.3 Å². The van der Waals surface area contributed by atoms with Crippen molar-refractivity contribution in [3.63, 3.8) is 0 Å². The lowest BCUT2D eigenvalue weighted by molar-refractivity contribution is -0.127. The van der Waals surface area contributed by atoms with Gasteiger partial charge in [-0.05, 0) is 36.6 Å². The maximum Gasteiger partial charge on any atom is 0.251 e. The molecular formula is C23H25N3O4S. The van der Waals surface area contributed by atoms with Crippen molar-refractivity contribution < 1.29 is 18.6 Å². The number of hydrogen-bond donors (Lipinski definition) is 1. The van der Waals surface area contributed by atoms with Crippen LogP contribution in [0, 0.1) is 0 Å². The Hall–Kier alpha value is -3.00. The third-order valence-corrected chi connectivity index (χ3v) is 6.90. The molecule has 0 radical (unpaired) electrons. The van der Waals surface area contributed by atoms with Gasteiger partial charge in [0, 0.05) is 31.6 Å². The van der Waals surface area contributed by atoms with Crippen LogP contribution in [0.25, 0.3) is 0 Å². The van der Waals surface area contributed by atoms with Gasteiger partial charge in [0.1, 0.15) is 5.75 Å². The fraction of sp³-hybridized carbons (Fsp3) is 0.348. The van der Waals surface area contributed by atoms with Crippen LogP contribution in [0.2, 0.25) is 0 Å². The first kappa shape index (κ1) is 21.2. The summed E-state index contributed by atoms with van der Waals surface area (Å²) < 4.78 is 12.5. The number of amides is 3. The average Bonchev–Trinajstić information content (AvgIpc) is 3.19. The number of rotatable bonds is 7. The van der Waals surface area contributed by atoms with Gasteiger partial charge >= 0.3 is 0 Å². The predicted octanol–water partition coefficient (Wildman–Crippen LogP) is 2.08. The molecule has 2 aliphatic heterocycles. The topological polar surface area (TPSA) is 86.8 Å². The van der Waals surface area contributed by atoms with E-state index in [0.717, 1.165) is 18.5 Å². The molecule has 2 aromatic carbocycles. The fourth-order valence-corrected chi connectivity index (χ4v) is 5.08. The van der Waals surface area contributed by atoms with Gasteiger partial charge in [-0.25, -0.2) is 0 Å². The van der Waals surface area contributed by atoms with Crippen LogP contribution < -0.4 is 10.2 Å². The Morgan fingerprint density at radius 2 is 1.87 bits per heavy atom. The van der Waals surface area contributed by atoms with Gasteiger partial charge in [-0.3, -0.25) is 18.6 Å². The van der Waals surface area contributed by atoms with E-state index in [4.69, 9.17) is 0 Å². The number of benzene rings is 2. The Kier molecular flexibility index (Phi) is 6.46. The van der Waals surface area contributed by atoms with Crippen molar-refractivity contribution in [2.24, 2.45) is 0 Å². The standard InChI is InChI=1S/C23H25N3O4S/c27-21-8-4-12-25(21)13-5-11-24-23(29)18-9-10-20-19(14-18)26(22(28)16-31(20)30)15-17-6-2-1-3-7-17/h1-3,6-7,9-10,14H,4-5,8,11-13,15-16H2,(H,24,29)/t31-/m1/s1. The number of likely N-dealkylation sites (tertiary alicyclic amines) is 1. The van der Waals surface area contributed by atoms with Gasteiger partial charge < -0.3 is 15.1 Å². The maximum absolute atomic E-state index is 12.6. The van der Waals surface area contributed by atoms with Crippen LogP contribution >= 0.6 is 0 Å². The molecule has 1 fully saturated rings. The molecule has 2 aliphatic rings. The van der Waals surface area contributed by atoms with Crippen molar-refractivity contribution in [3.05, 3.63) is 59.7 Å². The Balaban J connectivity index is 1.45. The van der Waals surface area contributed by atoms with E-state index in [1.165, 1.54) is 0 Å². The Morgan fingerprint density at radius 3 is 2.61 bits per heavy atom. The van der Waals surface area contributed by atoms with Crippen molar-refractivity contribution in [2.75, 3.05) is 30.3 Å². The van der Waals surface area contributed by atoms with Crippen LogP contribution in [0.5, 0.6) is 0 Å². The zero-order valence-electron chi connectivity index (χ0n) is 17.2. The predicted molar refractivity (Wildman–Crippen MR) is 118 cm³/mol. The molecule has 4 rings (SSSR count). The second-order valence-corrected chi connectivity index (χ2v) is 9.15. The minimum Gasteiger partial charge on any atom is -0.352 e. The van der Waals surface area contributed by atoms with Crippen LogP contribution in [0.3, 0.4) is 0 Å². The van der Waals surface area contributed by atoms with Crippen molar-refractivity contribution in [1.82, 2.24) is 10.2 Å². The molecule has 2 heterocycles.